The summed E-state index contributed by atoms with van der Waals surface area (Å²) in [5, 5.41) is 25.0. The molecule has 8 N–H and O–H groups in total. The van der Waals surface area contributed by atoms with E-state index in [1.807, 2.05) is 6.92 Å². The first kappa shape index (κ1) is 75.4. The van der Waals surface area contributed by atoms with E-state index in [2.05, 4.69) is 58.4 Å². The molecular weight excluding hydrogens is 1350 g/mol. The van der Waals surface area contributed by atoms with Crippen molar-refractivity contribution in [2.45, 2.75) is 165 Å². The summed E-state index contributed by atoms with van der Waals surface area (Å²) in [6.07, 6.45) is -4.11. The van der Waals surface area contributed by atoms with Gasteiger partial charge in [0.05, 0.1) is 36.4 Å². The predicted molar refractivity (Wildman–Crippen MR) is 337 cm³/mol. The SMILES string of the molecule is COc1cc2cc(c1Cl)N(C)C(=O)C[C@H](OC(=O)[C@H](C)N(C)C(=O)c1ccc(NC(=O)[C@H](CCCNC(N)=O)NC(=O)[C@@H](NC(=O)CCCCCOC(C=O)(CBr)CBr)C(C)C)cc1C(F)(F)F)[C@]1(C)O[C@H]1[C@H](C)[C@@H]1C[C@@](O)(NC(=O)O1)[C@H](OC)/C=C/C=C(\C)C2. The van der Waals surface area contributed by atoms with Crippen LogP contribution in [0.2, 0.25) is 5.02 Å². The lowest BCUT2D eigenvalue weighted by molar-refractivity contribution is -0.158. The molecule has 504 valence electrons. The van der Waals surface area contributed by atoms with Crippen LogP contribution in [0.25, 0.3) is 0 Å². The fraction of sp³-hybridized carbons (Fsp3) is 0.590. The van der Waals surface area contributed by atoms with E-state index in [9.17, 15) is 48.3 Å². The second-order valence-electron chi connectivity index (χ2n) is 23.5. The minimum absolute atomic E-state index is 0.0228. The maximum atomic E-state index is 15.1. The van der Waals surface area contributed by atoms with Crippen LogP contribution in [0, 0.1) is 11.8 Å². The van der Waals surface area contributed by atoms with Gasteiger partial charge in [-0.25, -0.2) is 14.4 Å². The number of nitrogens with two attached hydrogens (primary N) is 1. The van der Waals surface area contributed by atoms with E-state index in [0.29, 0.717) is 48.5 Å². The number of aliphatic hydroxyl groups is 1. The van der Waals surface area contributed by atoms with Gasteiger partial charge in [0.25, 0.3) is 5.91 Å². The maximum absolute atomic E-state index is 15.1. The van der Waals surface area contributed by atoms with Crippen LogP contribution < -0.4 is 42.0 Å². The summed E-state index contributed by atoms with van der Waals surface area (Å²) in [6.45, 7) is 9.74. The van der Waals surface area contributed by atoms with Gasteiger partial charge in [-0.1, -0.05) is 94.5 Å². The minimum atomic E-state index is -5.25. The molecular formula is C61H82Br2ClF3N8O16. The Balaban J connectivity index is 1.38. The number of rotatable bonds is 26. The number of amides is 8. The minimum Gasteiger partial charge on any atom is -0.495 e. The summed E-state index contributed by atoms with van der Waals surface area (Å²) in [5.41, 5.74) is -0.540. The molecule has 0 radical (unpaired) electrons. The number of carbonyl (C=O) groups excluding carboxylic acids is 9. The average molecular weight is 1440 g/mol. The predicted octanol–water partition coefficient (Wildman–Crippen LogP) is 7.16. The molecule has 10 atom stereocenters. The summed E-state index contributed by atoms with van der Waals surface area (Å²) in [4.78, 5) is 122. The summed E-state index contributed by atoms with van der Waals surface area (Å²) in [7, 11) is 5.26. The molecule has 4 bridgehead atoms. The van der Waals surface area contributed by atoms with Gasteiger partial charge >= 0.3 is 24.3 Å². The number of carbonyl (C=O) groups is 9. The number of methoxy groups -OCH3 is 2. The Hall–Kier alpha value is -6.37. The van der Waals surface area contributed by atoms with Crippen LogP contribution in [0.4, 0.5) is 34.1 Å². The van der Waals surface area contributed by atoms with Gasteiger partial charge in [-0.3, -0.25) is 29.3 Å². The Labute approximate surface area is 548 Å². The van der Waals surface area contributed by atoms with E-state index >= 15 is 13.2 Å². The van der Waals surface area contributed by atoms with Crippen LogP contribution >= 0.6 is 43.5 Å². The van der Waals surface area contributed by atoms with Crippen LogP contribution in [-0.4, -0.2) is 176 Å². The van der Waals surface area contributed by atoms with Crippen molar-refractivity contribution in [3.05, 3.63) is 75.8 Å². The van der Waals surface area contributed by atoms with Gasteiger partial charge in [0.15, 0.2) is 12.0 Å². The molecule has 0 aliphatic carbocycles. The Bertz CT molecular complexity index is 3050. The van der Waals surface area contributed by atoms with Crippen LogP contribution in [0.3, 0.4) is 0 Å². The second kappa shape index (κ2) is 33.0. The summed E-state index contributed by atoms with van der Waals surface area (Å²) in [6, 6.07) is 0.534. The Morgan fingerprint density at radius 2 is 1.71 bits per heavy atom. The van der Waals surface area contributed by atoms with Gasteiger partial charge < -0.3 is 75.1 Å². The zero-order valence-corrected chi connectivity index (χ0v) is 56.3. The fourth-order valence-corrected chi connectivity index (χ4v) is 12.3. The standard InChI is InChI=1S/C61H82Br2ClF3N8O16/c1-33(2)50(72-47(77)19-12-11-13-23-88-59(30-62,31-63)32-76)53(80)71-41(17-15-22-69-56(68)83)52(79)70-38-20-21-39(40(27-38)61(65,66)67)54(81)74(7)36(5)55(82)90-46-28-48(78)75(8)42-25-37(26-43(86-9)49(42)64)24-34(3)16-14-18-45(87-10)60(85)29-44(89-57(84)73-60)35(4)51-58(46,6)91-51/h14,16,18,20-21,25-27,32-33,35-36,41,44-46,50-51,85H,11-13,15,17,19,22-24,28-31H2,1-10H3,(H,70,79)(H,71,80)(H,72,77)(H,73,84)(H3,68,69,83)/b18-14+,34-16+/t35-,36+,41+,44+,45-,46+,50+,51+,58+,60+/m1/s1. The third kappa shape index (κ3) is 19.8. The highest BCUT2D eigenvalue weighted by Crippen LogP contribution is 2.49. The highest BCUT2D eigenvalue weighted by atomic mass is 79.9. The van der Waals surface area contributed by atoms with Crippen molar-refractivity contribution in [1.29, 1.82) is 0 Å². The van der Waals surface area contributed by atoms with Crippen molar-refractivity contribution in [2.24, 2.45) is 17.6 Å². The summed E-state index contributed by atoms with van der Waals surface area (Å²) < 4.78 is 80.3. The van der Waals surface area contributed by atoms with Crippen molar-refractivity contribution < 1.29 is 89.8 Å². The zero-order valence-electron chi connectivity index (χ0n) is 52.4. The number of aldehydes is 1. The van der Waals surface area contributed by atoms with Crippen LogP contribution in [-0.2, 0) is 65.0 Å². The lowest BCUT2D eigenvalue weighted by Crippen LogP contribution is -2.63. The number of urea groups is 1. The molecule has 2 saturated heterocycles. The van der Waals surface area contributed by atoms with Crippen LogP contribution in [0.1, 0.15) is 114 Å². The normalized spacial score (nSPS) is 23.9. The zero-order chi connectivity index (χ0) is 67.9. The van der Waals surface area contributed by atoms with Crippen molar-refractivity contribution in [1.82, 2.24) is 26.2 Å². The van der Waals surface area contributed by atoms with Crippen molar-refractivity contribution in [2.75, 3.05) is 62.3 Å². The molecule has 3 aliphatic rings. The third-order valence-corrected chi connectivity index (χ3v) is 18.5. The third-order valence-electron chi connectivity index (χ3n) is 16.2. The molecule has 0 spiro atoms. The number of alkyl halides is 5. The fourth-order valence-electron chi connectivity index (χ4n) is 10.5. The lowest BCUT2D eigenvalue weighted by Gasteiger charge is -2.42. The second-order valence-corrected chi connectivity index (χ2v) is 25.0. The molecule has 3 heterocycles. The van der Waals surface area contributed by atoms with Gasteiger partial charge in [0, 0.05) is 69.5 Å². The number of esters is 1. The summed E-state index contributed by atoms with van der Waals surface area (Å²) >= 11 is 13.4. The number of nitrogens with zero attached hydrogens (tertiary/aromatic N) is 2. The molecule has 91 heavy (non-hydrogen) atoms. The van der Waals surface area contributed by atoms with E-state index in [1.165, 1.54) is 33.1 Å². The highest BCUT2D eigenvalue weighted by molar-refractivity contribution is 9.10. The number of fused-ring (bicyclic) bond motifs is 5. The van der Waals surface area contributed by atoms with Gasteiger partial charge in [-0.2, -0.15) is 13.2 Å². The molecule has 0 aromatic heterocycles. The molecule has 0 saturated carbocycles. The number of nitrogens with one attached hydrogen (secondary N) is 5. The van der Waals surface area contributed by atoms with E-state index in [1.54, 1.807) is 58.1 Å². The first-order valence-corrected chi connectivity index (χ1v) is 32.1. The maximum Gasteiger partial charge on any atom is 0.417 e. The monoisotopic (exact) mass is 1430 g/mol. The number of halogens is 6. The number of allylic oxidation sites excluding steroid dienone is 3. The quantitative estimate of drug-likeness (QED) is 0.0161. The molecule has 30 heteroatoms. The van der Waals surface area contributed by atoms with E-state index in [-0.39, 0.29) is 66.0 Å². The van der Waals surface area contributed by atoms with E-state index < -0.39 is 148 Å². The lowest BCUT2D eigenvalue weighted by atomic mass is 9.83. The first-order valence-electron chi connectivity index (χ1n) is 29.5. The Kier molecular flexibility index (Phi) is 27.3. The Morgan fingerprint density at radius 1 is 1.02 bits per heavy atom. The number of hydrogen-bond donors (Lipinski definition) is 7. The van der Waals surface area contributed by atoms with Crippen molar-refractivity contribution in [3.8, 4) is 5.75 Å². The molecule has 2 aromatic carbocycles. The number of alkyl carbamates (subject to hydrolysis) is 1. The number of hydrogen-bond acceptors (Lipinski definition) is 16. The van der Waals surface area contributed by atoms with Gasteiger partial charge in [-0.05, 0) is 94.7 Å². The number of unbranched alkanes of at least 4 members (excludes halogenated alkanes) is 2. The van der Waals surface area contributed by atoms with Crippen LogP contribution in [0.15, 0.2) is 54.1 Å². The van der Waals surface area contributed by atoms with Crippen LogP contribution in [0.5, 0.6) is 5.75 Å². The average Bonchev–Trinajstić information content (AvgIpc) is 1.59. The molecule has 0 unspecified atom stereocenters. The number of benzene rings is 2. The molecule has 8 amide bonds. The smallest absolute Gasteiger partial charge is 0.417 e. The molecule has 2 fully saturated rings. The highest BCUT2D eigenvalue weighted by Gasteiger charge is 2.64. The Morgan fingerprint density at radius 3 is 2.33 bits per heavy atom. The van der Waals surface area contributed by atoms with E-state index in [0.717, 1.165) is 24.8 Å². The summed E-state index contributed by atoms with van der Waals surface area (Å²) in [5.74, 6) is -6.43. The first-order chi connectivity index (χ1) is 42.7. The van der Waals surface area contributed by atoms with Crippen molar-refractivity contribution >= 4 is 109 Å². The van der Waals surface area contributed by atoms with Gasteiger partial charge in [-0.15, -0.1) is 0 Å². The number of likely N-dealkylation sites (N-methyl/N-ethyl adjacent to an activating group) is 1. The molecule has 2 aromatic rings. The van der Waals surface area contributed by atoms with E-state index in [4.69, 9.17) is 45.8 Å². The number of primary amides is 1. The topological polar surface area (TPSA) is 325 Å². The van der Waals surface area contributed by atoms with Gasteiger partial charge in [0.2, 0.25) is 23.6 Å². The number of ether oxygens (including phenoxy) is 6. The molecule has 3 aliphatic heterocycles. The van der Waals surface area contributed by atoms with Crippen molar-refractivity contribution in [3.63, 3.8) is 0 Å². The molecule has 5 rings (SSSR count). The largest absolute Gasteiger partial charge is 0.495 e. The van der Waals surface area contributed by atoms with Gasteiger partial charge in [0.1, 0.15) is 58.4 Å². The molecule has 24 nitrogen and oxygen atoms in total. The number of anilines is 2. The number of epoxide rings is 1.